The molecule has 4 rings (SSSR count). The Labute approximate surface area is 164 Å². The minimum atomic E-state index is -0.961. The van der Waals surface area contributed by atoms with Gasteiger partial charge >= 0.3 is 5.97 Å². The smallest absolute Gasteiger partial charge is 0.332 e. The van der Waals surface area contributed by atoms with E-state index in [0.29, 0.717) is 28.5 Å². The van der Waals surface area contributed by atoms with Gasteiger partial charge in [-0.3, -0.25) is 4.79 Å². The Morgan fingerprint density at radius 3 is 2.52 bits per heavy atom. The first-order chi connectivity index (χ1) is 13.1. The summed E-state index contributed by atoms with van der Waals surface area (Å²) in [4.78, 5) is 28.9. The van der Waals surface area contributed by atoms with Crippen molar-refractivity contribution in [1.29, 1.82) is 0 Å². The maximum absolute atomic E-state index is 13.4. The third kappa shape index (κ3) is 3.23. The highest BCUT2D eigenvalue weighted by molar-refractivity contribution is 9.10. The van der Waals surface area contributed by atoms with Crippen molar-refractivity contribution < 1.29 is 9.90 Å². The molecule has 136 valence electrons. The van der Waals surface area contributed by atoms with Crippen molar-refractivity contribution in [3.63, 3.8) is 0 Å². The molecule has 0 atom stereocenters. The normalized spacial score (nSPS) is 17.2. The molecule has 0 radical (unpaired) electrons. The number of aliphatic carboxylic acids is 1. The van der Waals surface area contributed by atoms with Crippen molar-refractivity contribution >= 4 is 38.4 Å². The van der Waals surface area contributed by atoms with Gasteiger partial charge in [-0.2, -0.15) is 0 Å². The van der Waals surface area contributed by atoms with Crippen LogP contribution in [0.4, 0.5) is 0 Å². The van der Waals surface area contributed by atoms with Crippen LogP contribution in [0.5, 0.6) is 0 Å². The van der Waals surface area contributed by atoms with Gasteiger partial charge in [0.1, 0.15) is 0 Å². The van der Waals surface area contributed by atoms with Gasteiger partial charge in [0.05, 0.1) is 11.1 Å². The van der Waals surface area contributed by atoms with E-state index in [2.05, 4.69) is 20.9 Å². The van der Waals surface area contributed by atoms with Crippen LogP contribution in [0.2, 0.25) is 0 Å². The molecule has 1 aromatic heterocycles. The Kier molecular flexibility index (Phi) is 4.70. The van der Waals surface area contributed by atoms with Crippen molar-refractivity contribution in [2.45, 2.75) is 25.7 Å². The van der Waals surface area contributed by atoms with E-state index in [1.54, 1.807) is 6.07 Å². The number of aromatic amines is 1. The van der Waals surface area contributed by atoms with E-state index in [4.69, 9.17) is 0 Å². The molecule has 0 saturated carbocycles. The molecule has 0 bridgehead atoms. The van der Waals surface area contributed by atoms with E-state index in [9.17, 15) is 14.7 Å². The molecule has 0 unspecified atom stereocenters. The molecule has 3 aromatic rings. The monoisotopic (exact) mass is 423 g/mol. The number of nitrogens with one attached hydrogen (secondary N) is 1. The van der Waals surface area contributed by atoms with Crippen molar-refractivity contribution in [2.24, 2.45) is 0 Å². The topological polar surface area (TPSA) is 70.2 Å². The summed E-state index contributed by atoms with van der Waals surface area (Å²) < 4.78 is 0.890. The summed E-state index contributed by atoms with van der Waals surface area (Å²) >= 11 is 3.45. The van der Waals surface area contributed by atoms with Gasteiger partial charge in [0.25, 0.3) is 0 Å². The zero-order chi connectivity index (χ0) is 19.0. The lowest BCUT2D eigenvalue weighted by molar-refractivity contribution is -0.132. The van der Waals surface area contributed by atoms with Crippen molar-refractivity contribution in [2.75, 3.05) is 0 Å². The standard InChI is InChI=1S/C22H18BrNO3/c23-14-10-11-15-18(12-14)24-17-9-5-4-8-16(22(26)27)19(20(17)21(15)25)13-6-2-1-3-7-13/h1-3,6-7,10-12H,4-5,8-9H2,(H,24,25)(H,26,27)/b19-16+. The number of aryl methyl sites for hydroxylation is 1. The number of carboxylic acid groups (broad SMARTS) is 1. The SMILES string of the molecule is O=C(O)/C1=C(\c2ccccc2)c2c([nH]c3cc(Br)ccc3c2=O)CCCC1. The van der Waals surface area contributed by atoms with E-state index in [1.165, 1.54) is 0 Å². The molecule has 27 heavy (non-hydrogen) atoms. The highest BCUT2D eigenvalue weighted by Gasteiger charge is 2.25. The molecule has 5 heteroatoms. The Morgan fingerprint density at radius 2 is 1.78 bits per heavy atom. The number of pyridine rings is 1. The Balaban J connectivity index is 2.14. The van der Waals surface area contributed by atoms with Crippen LogP contribution < -0.4 is 5.43 Å². The molecule has 2 N–H and O–H groups in total. The summed E-state index contributed by atoms with van der Waals surface area (Å²) in [6, 6.07) is 14.9. The molecule has 0 spiro atoms. The predicted molar refractivity (Wildman–Crippen MR) is 110 cm³/mol. The number of benzene rings is 2. The lowest BCUT2D eigenvalue weighted by atomic mass is 9.85. The van der Waals surface area contributed by atoms with Crippen molar-refractivity contribution in [3.05, 3.63) is 85.6 Å². The molecule has 0 saturated heterocycles. The number of halogens is 1. The highest BCUT2D eigenvalue weighted by Crippen LogP contribution is 2.33. The lowest BCUT2D eigenvalue weighted by Crippen LogP contribution is -2.19. The van der Waals surface area contributed by atoms with Crippen LogP contribution >= 0.6 is 15.9 Å². The molecule has 0 aliphatic heterocycles. The first kappa shape index (κ1) is 17.7. The Hall–Kier alpha value is -2.66. The van der Waals surface area contributed by atoms with Crippen LogP contribution in [0.3, 0.4) is 0 Å². The minimum absolute atomic E-state index is 0.120. The molecule has 1 aliphatic rings. The number of fused-ring (bicyclic) bond motifs is 2. The van der Waals surface area contributed by atoms with Gasteiger partial charge in [0, 0.05) is 26.7 Å². The van der Waals surface area contributed by atoms with Gasteiger partial charge in [0.2, 0.25) is 0 Å². The quantitative estimate of drug-likeness (QED) is 0.615. The summed E-state index contributed by atoms with van der Waals surface area (Å²) in [5.41, 5.74) is 3.56. The van der Waals surface area contributed by atoms with Gasteiger partial charge in [-0.1, -0.05) is 46.3 Å². The second kappa shape index (κ2) is 7.16. The van der Waals surface area contributed by atoms with Crippen LogP contribution in [0, 0.1) is 0 Å². The number of hydrogen-bond acceptors (Lipinski definition) is 2. The van der Waals surface area contributed by atoms with Gasteiger partial charge in [-0.05, 0) is 49.4 Å². The van der Waals surface area contributed by atoms with Crippen molar-refractivity contribution in [1.82, 2.24) is 4.98 Å². The van der Waals surface area contributed by atoms with Crippen LogP contribution in [0.25, 0.3) is 16.5 Å². The number of rotatable bonds is 2. The minimum Gasteiger partial charge on any atom is -0.478 e. The Bertz CT molecular complexity index is 1130. The third-order valence-corrected chi connectivity index (χ3v) is 5.51. The van der Waals surface area contributed by atoms with E-state index in [1.807, 2.05) is 42.5 Å². The van der Waals surface area contributed by atoms with Gasteiger partial charge < -0.3 is 10.1 Å². The fourth-order valence-electron chi connectivity index (χ4n) is 3.78. The number of hydrogen-bond donors (Lipinski definition) is 2. The predicted octanol–water partition coefficient (Wildman–Crippen LogP) is 4.90. The molecule has 1 aliphatic carbocycles. The molecule has 0 fully saturated rings. The average Bonchev–Trinajstić information content (AvgIpc) is 2.63. The van der Waals surface area contributed by atoms with Crippen LogP contribution in [0.1, 0.15) is 36.1 Å². The molecular formula is C22H18BrNO3. The maximum atomic E-state index is 13.4. The second-order valence-electron chi connectivity index (χ2n) is 6.73. The molecule has 1 heterocycles. The number of H-pyrrole nitrogens is 1. The molecular weight excluding hydrogens is 406 g/mol. The Morgan fingerprint density at radius 1 is 1.04 bits per heavy atom. The fraction of sp³-hybridized carbons (Fsp3) is 0.182. The summed E-state index contributed by atoms with van der Waals surface area (Å²) in [6.45, 7) is 0. The van der Waals surface area contributed by atoms with Gasteiger partial charge in [-0.25, -0.2) is 4.79 Å². The number of aromatic nitrogens is 1. The number of carbonyl (C=O) groups is 1. The largest absolute Gasteiger partial charge is 0.478 e. The molecule has 2 aromatic carbocycles. The third-order valence-electron chi connectivity index (χ3n) is 5.02. The molecule has 0 amide bonds. The van der Waals surface area contributed by atoms with Gasteiger partial charge in [-0.15, -0.1) is 0 Å². The fourth-order valence-corrected chi connectivity index (χ4v) is 4.14. The van der Waals surface area contributed by atoms with E-state index < -0.39 is 5.97 Å². The second-order valence-corrected chi connectivity index (χ2v) is 7.65. The summed E-state index contributed by atoms with van der Waals surface area (Å²) in [6.07, 6.45) is 2.78. The van der Waals surface area contributed by atoms with Crippen molar-refractivity contribution in [3.8, 4) is 0 Å². The first-order valence-corrected chi connectivity index (χ1v) is 9.72. The highest BCUT2D eigenvalue weighted by atomic mass is 79.9. The summed E-state index contributed by atoms with van der Waals surface area (Å²) in [7, 11) is 0. The van der Waals surface area contributed by atoms with Crippen LogP contribution in [-0.4, -0.2) is 16.1 Å². The number of carboxylic acids is 1. The zero-order valence-electron chi connectivity index (χ0n) is 14.6. The van der Waals surface area contributed by atoms with E-state index in [0.717, 1.165) is 40.5 Å². The summed E-state index contributed by atoms with van der Waals surface area (Å²) in [5, 5.41) is 10.4. The summed E-state index contributed by atoms with van der Waals surface area (Å²) in [5.74, 6) is -0.961. The van der Waals surface area contributed by atoms with Crippen LogP contribution in [-0.2, 0) is 11.2 Å². The van der Waals surface area contributed by atoms with Gasteiger partial charge in [0.15, 0.2) is 5.43 Å². The molecule has 4 nitrogen and oxygen atoms in total. The zero-order valence-corrected chi connectivity index (χ0v) is 16.2. The average molecular weight is 424 g/mol. The maximum Gasteiger partial charge on any atom is 0.332 e. The first-order valence-electron chi connectivity index (χ1n) is 8.93. The lowest BCUT2D eigenvalue weighted by Gasteiger charge is -2.20. The van der Waals surface area contributed by atoms with E-state index in [-0.39, 0.29) is 5.43 Å². The van der Waals surface area contributed by atoms with E-state index >= 15 is 0 Å². The van der Waals surface area contributed by atoms with Crippen LogP contribution in [0.15, 0.2) is 63.4 Å².